The van der Waals surface area contributed by atoms with Crippen molar-refractivity contribution in [2.75, 3.05) is 19.7 Å². The van der Waals surface area contributed by atoms with E-state index in [1.54, 1.807) is 18.2 Å². The number of nitrogens with one attached hydrogen (secondary N) is 2. The molecule has 0 radical (unpaired) electrons. The third-order valence-electron chi connectivity index (χ3n) is 5.05. The van der Waals surface area contributed by atoms with Crippen molar-refractivity contribution in [2.24, 2.45) is 16.5 Å². The van der Waals surface area contributed by atoms with Gasteiger partial charge in [-0.1, -0.05) is 18.2 Å². The van der Waals surface area contributed by atoms with Crippen LogP contribution < -0.4 is 31.8 Å². The summed E-state index contributed by atoms with van der Waals surface area (Å²) in [5.41, 5.74) is 10.1. The molecule has 1 aromatic carbocycles. The standard InChI is InChI=1S/C23H26N6O7S/c24-23(25)26-11-4-12-36-16-9-7-15-8-10-18(21(31)29(15)14-16)20(30)27-13-19(22(32)33)28-37(34,35)17-5-2-1-3-6-17/h1-3,5-10,14,19,28H,4,11-13H2,(H,27,30)(H,32,33)(H4,24,25,26). The van der Waals surface area contributed by atoms with Crippen molar-refractivity contribution in [3.8, 4) is 5.75 Å². The summed E-state index contributed by atoms with van der Waals surface area (Å²) in [6.07, 6.45) is 1.95. The van der Waals surface area contributed by atoms with Gasteiger partial charge in [-0.2, -0.15) is 4.72 Å². The van der Waals surface area contributed by atoms with Crippen molar-refractivity contribution < 1.29 is 27.9 Å². The lowest BCUT2D eigenvalue weighted by molar-refractivity contribution is -0.138. The Bertz CT molecular complexity index is 1470. The van der Waals surface area contributed by atoms with E-state index in [0.717, 1.165) is 0 Å². The van der Waals surface area contributed by atoms with Crippen molar-refractivity contribution in [2.45, 2.75) is 17.4 Å². The van der Waals surface area contributed by atoms with Gasteiger partial charge in [-0.25, -0.2) is 8.42 Å². The number of nitrogens with two attached hydrogens (primary N) is 2. The molecule has 13 nitrogen and oxygen atoms in total. The van der Waals surface area contributed by atoms with Crippen LogP contribution in [-0.2, 0) is 14.8 Å². The van der Waals surface area contributed by atoms with E-state index >= 15 is 0 Å². The number of carboxylic acids is 1. The molecule has 0 spiro atoms. The van der Waals surface area contributed by atoms with Gasteiger partial charge >= 0.3 is 5.97 Å². The van der Waals surface area contributed by atoms with Crippen molar-refractivity contribution in [3.05, 3.63) is 76.7 Å². The summed E-state index contributed by atoms with van der Waals surface area (Å²) in [6, 6.07) is 11.6. The maximum atomic E-state index is 12.9. The van der Waals surface area contributed by atoms with Crippen LogP contribution in [0.5, 0.6) is 5.75 Å². The van der Waals surface area contributed by atoms with E-state index in [2.05, 4.69) is 10.3 Å². The first-order valence-electron chi connectivity index (χ1n) is 11.0. The normalized spacial score (nSPS) is 12.0. The first-order valence-corrected chi connectivity index (χ1v) is 12.5. The number of guanidine groups is 1. The molecule has 14 heteroatoms. The molecule has 0 fully saturated rings. The molecule has 2 heterocycles. The lowest BCUT2D eigenvalue weighted by Crippen LogP contribution is -2.48. The van der Waals surface area contributed by atoms with E-state index in [1.165, 1.54) is 47.0 Å². The fraction of sp³-hybridized carbons (Fsp3) is 0.217. The van der Waals surface area contributed by atoms with Crippen molar-refractivity contribution in [1.29, 1.82) is 0 Å². The van der Waals surface area contributed by atoms with Crippen LogP contribution in [0.4, 0.5) is 0 Å². The highest BCUT2D eigenvalue weighted by Crippen LogP contribution is 2.13. The smallest absolute Gasteiger partial charge is 0.323 e. The number of rotatable bonds is 12. The quantitative estimate of drug-likeness (QED) is 0.116. The van der Waals surface area contributed by atoms with Gasteiger partial charge in [0.2, 0.25) is 10.0 Å². The number of amides is 1. The number of sulfonamides is 1. The summed E-state index contributed by atoms with van der Waals surface area (Å²) < 4.78 is 33.8. The maximum absolute atomic E-state index is 12.9. The van der Waals surface area contributed by atoms with Crippen LogP contribution in [0.3, 0.4) is 0 Å². The molecule has 196 valence electrons. The molecule has 3 aromatic rings. The number of carbonyl (C=O) groups is 2. The summed E-state index contributed by atoms with van der Waals surface area (Å²) in [4.78, 5) is 41.0. The van der Waals surface area contributed by atoms with Gasteiger partial charge in [-0.05, 0) is 36.4 Å². The van der Waals surface area contributed by atoms with E-state index in [9.17, 15) is 27.9 Å². The van der Waals surface area contributed by atoms with E-state index < -0.39 is 40.0 Å². The summed E-state index contributed by atoms with van der Waals surface area (Å²) in [6.45, 7) is 0.0625. The number of hydrogen-bond donors (Lipinski definition) is 5. The van der Waals surface area contributed by atoms with E-state index in [1.807, 2.05) is 4.72 Å². The predicted octanol–water partition coefficient (Wildman–Crippen LogP) is -0.497. The number of nitrogens with zero attached hydrogens (tertiary/aromatic N) is 2. The van der Waals surface area contributed by atoms with Gasteiger partial charge in [-0.15, -0.1) is 0 Å². The van der Waals surface area contributed by atoms with Crippen LogP contribution in [0.15, 0.2) is 75.5 Å². The van der Waals surface area contributed by atoms with Crippen LogP contribution in [0, 0.1) is 0 Å². The van der Waals surface area contributed by atoms with E-state index in [0.29, 0.717) is 24.2 Å². The van der Waals surface area contributed by atoms with Crippen molar-refractivity contribution in [3.63, 3.8) is 0 Å². The minimum Gasteiger partial charge on any atom is -0.492 e. The Morgan fingerprint density at radius 1 is 1.08 bits per heavy atom. The lowest BCUT2D eigenvalue weighted by atomic mass is 10.2. The Labute approximate surface area is 211 Å². The third-order valence-corrected chi connectivity index (χ3v) is 6.54. The third kappa shape index (κ3) is 7.28. The van der Waals surface area contributed by atoms with Crippen LogP contribution >= 0.6 is 0 Å². The molecule has 0 aliphatic rings. The SMILES string of the molecule is NC(N)=NCCCOc1ccc2ccc(C(=O)NCC(NS(=O)(=O)c3ccccc3)C(=O)O)c(=O)n2c1. The van der Waals surface area contributed by atoms with E-state index in [-0.39, 0.29) is 23.0 Å². The van der Waals surface area contributed by atoms with Gasteiger partial charge in [-0.3, -0.25) is 23.8 Å². The summed E-state index contributed by atoms with van der Waals surface area (Å²) in [5.74, 6) is -2.02. The van der Waals surface area contributed by atoms with E-state index in [4.69, 9.17) is 16.2 Å². The molecule has 0 saturated carbocycles. The molecule has 3 rings (SSSR count). The maximum Gasteiger partial charge on any atom is 0.323 e. The fourth-order valence-corrected chi connectivity index (χ4v) is 4.43. The van der Waals surface area contributed by atoms with Crippen LogP contribution in [-0.4, -0.2) is 61.5 Å². The highest BCUT2D eigenvalue weighted by Gasteiger charge is 2.26. The number of carbonyl (C=O) groups excluding carboxylic acids is 1. The molecule has 37 heavy (non-hydrogen) atoms. The molecule has 2 aromatic heterocycles. The molecule has 0 saturated heterocycles. The Balaban J connectivity index is 1.70. The van der Waals surface area contributed by atoms with Crippen LogP contribution in [0.25, 0.3) is 5.52 Å². The van der Waals surface area contributed by atoms with Gasteiger partial charge in [0.05, 0.1) is 17.7 Å². The number of ether oxygens (including phenoxy) is 1. The number of carboxylic acid groups (broad SMARTS) is 1. The highest BCUT2D eigenvalue weighted by atomic mass is 32.2. The first-order chi connectivity index (χ1) is 17.6. The number of fused-ring (bicyclic) bond motifs is 1. The van der Waals surface area contributed by atoms with Gasteiger partial charge in [0, 0.05) is 25.0 Å². The highest BCUT2D eigenvalue weighted by molar-refractivity contribution is 7.89. The van der Waals surface area contributed by atoms with Crippen LogP contribution in [0.1, 0.15) is 16.8 Å². The predicted molar refractivity (Wildman–Crippen MR) is 135 cm³/mol. The topological polar surface area (TPSA) is 208 Å². The number of aliphatic imine (C=N–C) groups is 1. The minimum atomic E-state index is -4.16. The number of pyridine rings is 2. The first kappa shape index (κ1) is 27.2. The van der Waals surface area contributed by atoms with Crippen LogP contribution in [0.2, 0.25) is 0 Å². The van der Waals surface area contributed by atoms with Gasteiger partial charge in [0.1, 0.15) is 17.4 Å². The second-order valence-electron chi connectivity index (χ2n) is 7.76. The number of benzene rings is 1. The molecule has 0 aliphatic heterocycles. The molecule has 0 aliphatic carbocycles. The Morgan fingerprint density at radius 2 is 1.78 bits per heavy atom. The molecule has 7 N–H and O–H groups in total. The summed E-state index contributed by atoms with van der Waals surface area (Å²) in [5, 5.41) is 11.8. The lowest BCUT2D eigenvalue weighted by Gasteiger charge is -2.16. The fourth-order valence-electron chi connectivity index (χ4n) is 3.22. The van der Waals surface area contributed by atoms with Gasteiger partial charge in [0.25, 0.3) is 11.5 Å². The molecule has 1 unspecified atom stereocenters. The van der Waals surface area contributed by atoms with Gasteiger partial charge < -0.3 is 26.6 Å². The Hall–Kier alpha value is -4.43. The average molecular weight is 531 g/mol. The summed E-state index contributed by atoms with van der Waals surface area (Å²) in [7, 11) is -4.16. The molecule has 1 amide bonds. The monoisotopic (exact) mass is 530 g/mol. The molecule has 1 atom stereocenters. The average Bonchev–Trinajstić information content (AvgIpc) is 2.86. The van der Waals surface area contributed by atoms with Gasteiger partial charge in [0.15, 0.2) is 5.96 Å². The molecular formula is C23H26N6O7S. The largest absolute Gasteiger partial charge is 0.492 e. The number of aromatic nitrogens is 1. The summed E-state index contributed by atoms with van der Waals surface area (Å²) >= 11 is 0. The zero-order valence-electron chi connectivity index (χ0n) is 19.5. The number of hydrogen-bond acceptors (Lipinski definition) is 7. The van der Waals surface area contributed by atoms with Crippen molar-refractivity contribution >= 4 is 33.4 Å². The zero-order chi connectivity index (χ0) is 27.0. The number of aliphatic carboxylic acids is 1. The zero-order valence-corrected chi connectivity index (χ0v) is 20.3. The van der Waals surface area contributed by atoms with Crippen molar-refractivity contribution in [1.82, 2.24) is 14.4 Å². The molecular weight excluding hydrogens is 504 g/mol. The molecule has 0 bridgehead atoms. The second-order valence-corrected chi connectivity index (χ2v) is 9.47. The Morgan fingerprint density at radius 3 is 2.46 bits per heavy atom. The minimum absolute atomic E-state index is 0.0219. The Kier molecular flexibility index (Phi) is 8.81. The second kappa shape index (κ2) is 12.0.